The molecule has 0 N–H and O–H groups in total. The standard InChI is InChI=1S/2C31H38N2.C12H8.2Au/c2*1-20(2)24-13-11-14-25(21(3)4)30(24)32-19-33(29-18-10-9-17-28(29)32)31-26(22(5)6)15-12-16-27(31)23(7)8;1-3-7-11(8-4-1)12-9-5-2-6-10-12;;/h2*9-18,20-23H,1-8H3;3-10H;;/q;;-2;;. The third-order valence-electron chi connectivity index (χ3n) is 15.2. The van der Waals surface area contributed by atoms with Gasteiger partial charge in [-0.05, 0) is 91.9 Å². The van der Waals surface area contributed by atoms with Gasteiger partial charge in [-0.2, -0.15) is 71.8 Å². The Bertz CT molecular complexity index is 3060. The van der Waals surface area contributed by atoms with Gasteiger partial charge in [0.15, 0.2) is 0 Å². The topological polar surface area (TPSA) is 17.6 Å². The van der Waals surface area contributed by atoms with Crippen molar-refractivity contribution in [1.29, 1.82) is 0 Å². The van der Waals surface area contributed by atoms with E-state index in [2.05, 4.69) is 299 Å². The molecule has 0 bridgehead atoms. The fraction of sp³-hybridized carbons (Fsp3) is 0.324. The molecular weight excluding hydrogens is 1340 g/mol. The molecule has 2 aromatic heterocycles. The summed E-state index contributed by atoms with van der Waals surface area (Å²) in [6.07, 6.45) is 7.67. The molecular formula is C74H84Au2N4-2. The Morgan fingerprint density at radius 1 is 0.287 bits per heavy atom. The van der Waals surface area contributed by atoms with Crippen molar-refractivity contribution in [2.45, 2.75) is 158 Å². The van der Waals surface area contributed by atoms with Gasteiger partial charge in [0, 0.05) is 44.8 Å². The molecule has 2 radical (unpaired) electrons. The average Bonchev–Trinajstić information content (AvgIpc) is 4.02. The van der Waals surface area contributed by atoms with Gasteiger partial charge in [0.2, 0.25) is 0 Å². The van der Waals surface area contributed by atoms with Crippen LogP contribution in [0.1, 0.15) is 203 Å². The van der Waals surface area contributed by atoms with Gasteiger partial charge in [-0.1, -0.05) is 232 Å². The molecule has 0 fully saturated rings. The molecule has 0 aliphatic carbocycles. The second-order valence-corrected chi connectivity index (χ2v) is 23.5. The molecule has 0 aliphatic heterocycles. The van der Waals surface area contributed by atoms with Crippen LogP contribution < -0.4 is 9.13 Å². The molecule has 10 rings (SSSR count). The van der Waals surface area contributed by atoms with Crippen molar-refractivity contribution >= 4 is 22.1 Å². The molecule has 0 saturated heterocycles. The predicted octanol–water partition coefficient (Wildman–Crippen LogP) is 19.4. The minimum absolute atomic E-state index is 0. The van der Waals surface area contributed by atoms with E-state index < -0.39 is 0 Å². The van der Waals surface area contributed by atoms with Gasteiger partial charge in [0.1, 0.15) is 0 Å². The molecule has 2 heterocycles. The molecule has 0 aliphatic rings. The van der Waals surface area contributed by atoms with Crippen LogP contribution in [0.4, 0.5) is 0 Å². The fourth-order valence-corrected chi connectivity index (χ4v) is 11.0. The summed E-state index contributed by atoms with van der Waals surface area (Å²) >= 11 is 0. The van der Waals surface area contributed by atoms with Gasteiger partial charge >= 0.3 is 0 Å². The SMILES string of the molecule is CC(C)c1cccc(C(C)C)c1-n1[c-][n+](-c2c(C(C)C)cccc2C(C)C)c2ccccc21.CC(C)c1cccc(C(C)C)c1-n1[c-][n+](-c2c(C(C)C)cccc2C(C)C)c2ccccc21.[Au].[Au].[c-]1ccc(-c2cc[c-]cc2)cc1. The summed E-state index contributed by atoms with van der Waals surface area (Å²) in [5.41, 5.74) is 23.3. The number of hydrogen-bond donors (Lipinski definition) is 0. The Balaban J connectivity index is 0.000000209. The van der Waals surface area contributed by atoms with Crippen molar-refractivity contribution < 1.29 is 53.9 Å². The maximum absolute atomic E-state index is 3.84. The Kier molecular flexibility index (Phi) is 22.4. The van der Waals surface area contributed by atoms with Gasteiger partial charge in [-0.15, -0.1) is 0 Å². The summed E-state index contributed by atoms with van der Waals surface area (Å²) < 4.78 is 9.28. The van der Waals surface area contributed by atoms with Gasteiger partial charge in [-0.3, -0.25) is 18.3 Å². The number of para-hydroxylation sites is 8. The molecule has 80 heavy (non-hydrogen) atoms. The number of imidazole rings is 2. The van der Waals surface area contributed by atoms with Crippen LogP contribution in [0.25, 0.3) is 55.9 Å². The van der Waals surface area contributed by atoms with E-state index in [9.17, 15) is 0 Å². The largest absolute Gasteiger partial charge is 0.291 e. The molecule has 4 nitrogen and oxygen atoms in total. The Morgan fingerprint density at radius 2 is 0.525 bits per heavy atom. The molecule has 8 aromatic carbocycles. The van der Waals surface area contributed by atoms with Crippen molar-refractivity contribution in [3.8, 4) is 33.9 Å². The Labute approximate surface area is 512 Å². The quantitative estimate of drug-likeness (QED) is 0.0622. The number of rotatable bonds is 13. The third-order valence-corrected chi connectivity index (χ3v) is 15.2. The molecule has 0 saturated carbocycles. The van der Waals surface area contributed by atoms with Gasteiger partial charge < -0.3 is 0 Å². The maximum atomic E-state index is 3.84. The maximum Gasteiger partial charge on any atom is 0.269 e. The van der Waals surface area contributed by atoms with E-state index in [0.717, 1.165) is 0 Å². The number of aromatic nitrogens is 4. The second kappa shape index (κ2) is 28.2. The fourth-order valence-electron chi connectivity index (χ4n) is 11.0. The average molecular weight is 1420 g/mol. The molecule has 6 heteroatoms. The monoisotopic (exact) mass is 1420 g/mol. The van der Waals surface area contributed by atoms with Crippen LogP contribution >= 0.6 is 0 Å². The zero-order chi connectivity index (χ0) is 55.9. The van der Waals surface area contributed by atoms with Gasteiger partial charge in [0.25, 0.3) is 12.7 Å². The normalized spacial score (nSPS) is 11.4. The van der Waals surface area contributed by atoms with Crippen LogP contribution in [0.2, 0.25) is 0 Å². The molecule has 10 aromatic rings. The van der Waals surface area contributed by atoms with E-state index >= 15 is 0 Å². The van der Waals surface area contributed by atoms with E-state index in [1.165, 1.54) is 100 Å². The number of hydrogen-bond acceptors (Lipinski definition) is 0. The summed E-state index contributed by atoms with van der Waals surface area (Å²) in [6.45, 7) is 36.6. The first-order valence-electron chi connectivity index (χ1n) is 28.8. The summed E-state index contributed by atoms with van der Waals surface area (Å²) in [5.74, 6) is 3.41. The molecule has 0 spiro atoms. The van der Waals surface area contributed by atoms with Crippen molar-refractivity contribution in [1.82, 2.24) is 9.13 Å². The Morgan fingerprint density at radius 3 is 0.775 bits per heavy atom. The Hall–Kier alpha value is -5.82. The predicted molar refractivity (Wildman–Crippen MR) is 330 cm³/mol. The van der Waals surface area contributed by atoms with Gasteiger partial charge in [0.05, 0.1) is 44.8 Å². The number of nitrogens with zero attached hydrogens (tertiary/aromatic N) is 4. The third kappa shape index (κ3) is 13.6. The van der Waals surface area contributed by atoms with Crippen LogP contribution in [-0.2, 0) is 44.8 Å². The van der Waals surface area contributed by atoms with Crippen molar-refractivity contribution in [2.75, 3.05) is 0 Å². The molecule has 0 unspecified atom stereocenters. The van der Waals surface area contributed by atoms with Crippen molar-refractivity contribution in [3.05, 3.63) is 239 Å². The van der Waals surface area contributed by atoms with Crippen LogP contribution in [0.15, 0.2) is 170 Å². The van der Waals surface area contributed by atoms with E-state index in [4.69, 9.17) is 0 Å². The first-order valence-corrected chi connectivity index (χ1v) is 28.8. The van der Waals surface area contributed by atoms with E-state index in [1.54, 1.807) is 0 Å². The van der Waals surface area contributed by atoms with Gasteiger partial charge in [-0.25, -0.2) is 0 Å². The number of benzene rings is 8. The van der Waals surface area contributed by atoms with E-state index in [1.807, 2.05) is 24.3 Å². The minimum atomic E-state index is 0. The summed E-state index contributed by atoms with van der Waals surface area (Å²) in [7, 11) is 0. The minimum Gasteiger partial charge on any atom is -0.291 e. The van der Waals surface area contributed by atoms with Crippen LogP contribution in [0.3, 0.4) is 0 Å². The first-order chi connectivity index (χ1) is 37.4. The van der Waals surface area contributed by atoms with Crippen LogP contribution in [-0.4, -0.2) is 9.13 Å². The summed E-state index contributed by atoms with van der Waals surface area (Å²) in [4.78, 5) is 0. The molecule has 424 valence electrons. The molecule has 0 atom stereocenters. The zero-order valence-electron chi connectivity index (χ0n) is 50.2. The second-order valence-electron chi connectivity index (χ2n) is 23.5. The smallest absolute Gasteiger partial charge is 0.269 e. The van der Waals surface area contributed by atoms with Crippen LogP contribution in [0, 0.1) is 24.8 Å². The zero-order valence-corrected chi connectivity index (χ0v) is 54.5. The van der Waals surface area contributed by atoms with Crippen LogP contribution in [0.5, 0.6) is 0 Å². The number of fused-ring (bicyclic) bond motifs is 2. The van der Waals surface area contributed by atoms with Crippen molar-refractivity contribution in [3.63, 3.8) is 0 Å². The summed E-state index contributed by atoms with van der Waals surface area (Å²) in [6, 6.07) is 66.4. The van der Waals surface area contributed by atoms with E-state index in [-0.39, 0.29) is 44.8 Å². The first kappa shape index (κ1) is 63.4. The summed E-state index contributed by atoms with van der Waals surface area (Å²) in [5, 5.41) is 0. The molecule has 0 amide bonds. The van der Waals surface area contributed by atoms with Crippen molar-refractivity contribution in [2.24, 2.45) is 0 Å². The van der Waals surface area contributed by atoms with E-state index in [0.29, 0.717) is 47.3 Å².